The van der Waals surface area contributed by atoms with Crippen LogP contribution in [0.15, 0.2) is 48.5 Å². The van der Waals surface area contributed by atoms with Crippen LogP contribution in [-0.2, 0) is 17.9 Å². The summed E-state index contributed by atoms with van der Waals surface area (Å²) in [4.78, 5) is 26.5. The van der Waals surface area contributed by atoms with Gasteiger partial charge in [-0.1, -0.05) is 30.3 Å². The van der Waals surface area contributed by atoms with E-state index in [9.17, 15) is 9.59 Å². The Morgan fingerprint density at radius 3 is 2.73 bits per heavy atom. The van der Waals surface area contributed by atoms with Gasteiger partial charge in [0.25, 0.3) is 11.8 Å². The molecule has 134 valence electrons. The van der Waals surface area contributed by atoms with Crippen molar-refractivity contribution >= 4 is 11.8 Å². The Kier molecular flexibility index (Phi) is 4.61. The molecule has 0 spiro atoms. The van der Waals surface area contributed by atoms with Crippen molar-refractivity contribution in [1.29, 1.82) is 0 Å². The number of nitrogens with zero attached hydrogens (tertiary/aromatic N) is 1. The smallest absolute Gasteiger partial charge is 0.261 e. The lowest BCUT2D eigenvalue weighted by Crippen LogP contribution is -2.31. The normalized spacial score (nSPS) is 16.5. The third-order valence-corrected chi connectivity index (χ3v) is 4.85. The number of carbonyl (C=O) groups excluding carboxylic acids is 2. The Morgan fingerprint density at radius 1 is 1.15 bits per heavy atom. The Bertz CT molecular complexity index is 815. The molecular formula is C21H22N2O3. The molecule has 1 heterocycles. The fourth-order valence-electron chi connectivity index (χ4n) is 3.12. The van der Waals surface area contributed by atoms with Crippen molar-refractivity contribution in [2.75, 3.05) is 13.2 Å². The number of rotatable bonds is 5. The molecule has 0 saturated heterocycles. The standard InChI is InChI=1S/C21H22N2O3/c24-20-14-26-19-9-8-17(21(25)22-11-15-6-7-15)10-18(19)13-23(20)12-16-4-2-1-3-5-16/h1-5,8-10,15H,6-7,11-14H2,(H,22,25). The van der Waals surface area contributed by atoms with Gasteiger partial charge in [-0.3, -0.25) is 9.59 Å². The second kappa shape index (κ2) is 7.20. The fourth-order valence-corrected chi connectivity index (χ4v) is 3.12. The SMILES string of the molecule is O=C(NCC1CC1)c1ccc2c(c1)CN(Cc1ccccc1)C(=O)CO2. The molecule has 5 nitrogen and oxygen atoms in total. The first-order valence-corrected chi connectivity index (χ1v) is 9.04. The van der Waals surface area contributed by atoms with Crippen molar-refractivity contribution in [2.45, 2.75) is 25.9 Å². The summed E-state index contributed by atoms with van der Waals surface area (Å²) >= 11 is 0. The van der Waals surface area contributed by atoms with E-state index >= 15 is 0 Å². The molecule has 26 heavy (non-hydrogen) atoms. The van der Waals surface area contributed by atoms with Crippen LogP contribution < -0.4 is 10.1 Å². The van der Waals surface area contributed by atoms with Crippen molar-refractivity contribution in [1.82, 2.24) is 10.2 Å². The van der Waals surface area contributed by atoms with E-state index in [2.05, 4.69) is 5.32 Å². The first-order valence-electron chi connectivity index (χ1n) is 9.04. The zero-order chi connectivity index (χ0) is 17.9. The van der Waals surface area contributed by atoms with Crippen LogP contribution in [0.2, 0.25) is 0 Å². The minimum Gasteiger partial charge on any atom is -0.483 e. The highest BCUT2D eigenvalue weighted by atomic mass is 16.5. The number of ether oxygens (including phenoxy) is 1. The average Bonchev–Trinajstić information content (AvgIpc) is 3.50. The maximum Gasteiger partial charge on any atom is 0.261 e. The summed E-state index contributed by atoms with van der Waals surface area (Å²) < 4.78 is 5.65. The molecule has 4 rings (SSSR count). The monoisotopic (exact) mass is 350 g/mol. The highest BCUT2D eigenvalue weighted by Crippen LogP contribution is 2.28. The minimum absolute atomic E-state index is 0.0209. The van der Waals surface area contributed by atoms with Gasteiger partial charge in [0.2, 0.25) is 0 Å². The number of nitrogens with one attached hydrogen (secondary N) is 1. The molecule has 2 aromatic rings. The molecule has 0 atom stereocenters. The van der Waals surface area contributed by atoms with Gasteiger partial charge < -0.3 is 15.0 Å². The molecule has 2 aliphatic rings. The summed E-state index contributed by atoms with van der Waals surface area (Å²) in [6.45, 7) is 1.73. The largest absolute Gasteiger partial charge is 0.483 e. The van der Waals surface area contributed by atoms with Gasteiger partial charge in [0.15, 0.2) is 6.61 Å². The molecule has 1 aliphatic heterocycles. The van der Waals surface area contributed by atoms with E-state index in [-0.39, 0.29) is 18.4 Å². The first kappa shape index (κ1) is 16.6. The van der Waals surface area contributed by atoms with E-state index in [0.717, 1.165) is 17.7 Å². The molecule has 2 amide bonds. The summed E-state index contributed by atoms with van der Waals surface area (Å²) in [7, 11) is 0. The van der Waals surface area contributed by atoms with Crippen molar-refractivity contribution in [3.8, 4) is 5.75 Å². The molecule has 0 unspecified atom stereocenters. The molecular weight excluding hydrogens is 328 g/mol. The third kappa shape index (κ3) is 3.87. The van der Waals surface area contributed by atoms with Gasteiger partial charge >= 0.3 is 0 Å². The molecule has 2 aromatic carbocycles. The molecule has 5 heteroatoms. The Hall–Kier alpha value is -2.82. The highest BCUT2D eigenvalue weighted by Gasteiger charge is 2.24. The Labute approximate surface area is 153 Å². The van der Waals surface area contributed by atoms with Crippen molar-refractivity contribution < 1.29 is 14.3 Å². The fraction of sp³-hybridized carbons (Fsp3) is 0.333. The summed E-state index contributed by atoms with van der Waals surface area (Å²) in [5.74, 6) is 1.20. The summed E-state index contributed by atoms with van der Waals surface area (Å²) in [5.41, 5.74) is 2.55. The highest BCUT2D eigenvalue weighted by molar-refractivity contribution is 5.94. The van der Waals surface area contributed by atoms with E-state index in [4.69, 9.17) is 4.74 Å². The molecule has 1 aliphatic carbocycles. The van der Waals surface area contributed by atoms with Crippen LogP contribution in [0.3, 0.4) is 0 Å². The number of benzene rings is 2. The topological polar surface area (TPSA) is 58.6 Å². The van der Waals surface area contributed by atoms with Gasteiger partial charge in [-0.05, 0) is 42.5 Å². The lowest BCUT2D eigenvalue weighted by molar-refractivity contribution is -0.133. The number of carbonyl (C=O) groups is 2. The van der Waals surface area contributed by atoms with Gasteiger partial charge in [0.05, 0.1) is 0 Å². The molecule has 1 saturated carbocycles. The predicted octanol–water partition coefficient (Wildman–Crippen LogP) is 2.75. The molecule has 0 bridgehead atoms. The van der Waals surface area contributed by atoms with E-state index < -0.39 is 0 Å². The lowest BCUT2D eigenvalue weighted by atomic mass is 10.1. The first-order chi connectivity index (χ1) is 12.7. The van der Waals surface area contributed by atoms with Crippen LogP contribution in [0.4, 0.5) is 0 Å². The van der Waals surface area contributed by atoms with Gasteiger partial charge in [0, 0.05) is 30.8 Å². The zero-order valence-electron chi connectivity index (χ0n) is 14.6. The molecule has 1 fully saturated rings. The lowest BCUT2D eigenvalue weighted by Gasteiger charge is -2.20. The summed E-state index contributed by atoms with van der Waals surface area (Å²) in [6, 6.07) is 15.3. The van der Waals surface area contributed by atoms with E-state index in [0.29, 0.717) is 30.3 Å². The van der Waals surface area contributed by atoms with Crippen LogP contribution >= 0.6 is 0 Å². The maximum absolute atomic E-state index is 12.4. The van der Waals surface area contributed by atoms with Crippen LogP contribution in [0.1, 0.15) is 34.3 Å². The van der Waals surface area contributed by atoms with Crippen molar-refractivity contribution in [3.63, 3.8) is 0 Å². The second-order valence-electron chi connectivity index (χ2n) is 7.00. The third-order valence-electron chi connectivity index (χ3n) is 4.85. The minimum atomic E-state index is -0.0649. The Balaban J connectivity index is 1.51. The number of hydrogen-bond acceptors (Lipinski definition) is 3. The van der Waals surface area contributed by atoms with E-state index in [1.807, 2.05) is 36.4 Å². The summed E-state index contributed by atoms with van der Waals surface area (Å²) in [5, 5.41) is 2.98. The van der Waals surface area contributed by atoms with Gasteiger partial charge in [-0.2, -0.15) is 0 Å². The number of amides is 2. The number of hydrogen-bond donors (Lipinski definition) is 1. The maximum atomic E-state index is 12.4. The predicted molar refractivity (Wildman–Crippen MR) is 97.7 cm³/mol. The molecule has 1 N–H and O–H groups in total. The summed E-state index contributed by atoms with van der Waals surface area (Å²) in [6.07, 6.45) is 2.41. The average molecular weight is 350 g/mol. The number of fused-ring (bicyclic) bond motifs is 1. The van der Waals surface area contributed by atoms with Crippen molar-refractivity contribution in [2.24, 2.45) is 5.92 Å². The Morgan fingerprint density at radius 2 is 1.96 bits per heavy atom. The quantitative estimate of drug-likeness (QED) is 0.902. The van der Waals surface area contributed by atoms with Crippen LogP contribution in [0.25, 0.3) is 0 Å². The van der Waals surface area contributed by atoms with Crippen molar-refractivity contribution in [3.05, 3.63) is 65.2 Å². The van der Waals surface area contributed by atoms with Gasteiger partial charge in [-0.25, -0.2) is 0 Å². The van der Waals surface area contributed by atoms with E-state index in [1.165, 1.54) is 12.8 Å². The second-order valence-corrected chi connectivity index (χ2v) is 7.00. The van der Waals surface area contributed by atoms with E-state index in [1.54, 1.807) is 17.0 Å². The molecule has 0 aromatic heterocycles. The van der Waals surface area contributed by atoms with Crippen LogP contribution in [0, 0.1) is 5.92 Å². The van der Waals surface area contributed by atoms with Gasteiger partial charge in [-0.15, -0.1) is 0 Å². The van der Waals surface area contributed by atoms with Gasteiger partial charge in [0.1, 0.15) is 5.75 Å². The van der Waals surface area contributed by atoms with Crippen LogP contribution in [-0.4, -0.2) is 29.9 Å². The molecule has 0 radical (unpaired) electrons. The van der Waals surface area contributed by atoms with Crippen LogP contribution in [0.5, 0.6) is 5.75 Å². The zero-order valence-corrected chi connectivity index (χ0v) is 14.6.